The number of urea groups is 1. The Balaban J connectivity index is 1.80. The molecule has 1 atom stereocenters. The quantitative estimate of drug-likeness (QED) is 0.767. The summed E-state index contributed by atoms with van der Waals surface area (Å²) in [5.41, 5.74) is 1.77. The molecule has 2 heterocycles. The maximum atomic E-state index is 13.4. The van der Waals surface area contributed by atoms with Gasteiger partial charge in [-0.25, -0.2) is 14.0 Å². The molecule has 1 unspecified atom stereocenters. The minimum atomic E-state index is -0.769. The largest absolute Gasteiger partial charge is 0.459 e. The summed E-state index contributed by atoms with van der Waals surface area (Å²) in [6, 6.07) is 9.53. The average molecular weight is 412 g/mol. The molecule has 0 bridgehead atoms. The van der Waals surface area contributed by atoms with Crippen LogP contribution in [-0.2, 0) is 9.53 Å². The lowest BCUT2D eigenvalue weighted by Crippen LogP contribution is -2.48. The van der Waals surface area contributed by atoms with Gasteiger partial charge in [-0.2, -0.15) is 0 Å². The Hall–Kier alpha value is -3.55. The van der Waals surface area contributed by atoms with Crippen molar-refractivity contribution < 1.29 is 28.2 Å². The Morgan fingerprint density at radius 1 is 1.17 bits per heavy atom. The molecule has 0 spiro atoms. The van der Waals surface area contributed by atoms with Gasteiger partial charge in [-0.1, -0.05) is 12.1 Å². The van der Waals surface area contributed by atoms with Gasteiger partial charge in [0.15, 0.2) is 11.5 Å². The molecule has 0 saturated carbocycles. The third kappa shape index (κ3) is 3.56. The number of rotatable bonds is 4. The van der Waals surface area contributed by atoms with Crippen molar-refractivity contribution >= 4 is 17.7 Å². The van der Waals surface area contributed by atoms with E-state index in [1.165, 1.54) is 29.2 Å². The van der Waals surface area contributed by atoms with Gasteiger partial charge in [-0.05, 0) is 50.6 Å². The van der Waals surface area contributed by atoms with E-state index in [0.717, 1.165) is 0 Å². The normalized spacial score (nSPS) is 18.0. The average Bonchev–Trinajstić information content (AvgIpc) is 3.15. The van der Waals surface area contributed by atoms with Crippen LogP contribution in [0.5, 0.6) is 11.5 Å². The lowest BCUT2D eigenvalue weighted by Gasteiger charge is -2.35. The summed E-state index contributed by atoms with van der Waals surface area (Å²) in [5, 5.41) is 2.84. The van der Waals surface area contributed by atoms with E-state index in [1.807, 2.05) is 0 Å². The molecule has 4 rings (SSSR count). The Morgan fingerprint density at radius 2 is 1.87 bits per heavy atom. The smallest absolute Gasteiger partial charge is 0.338 e. The molecular weight excluding hydrogens is 391 g/mol. The van der Waals surface area contributed by atoms with Crippen LogP contribution >= 0.6 is 0 Å². The zero-order valence-corrected chi connectivity index (χ0v) is 16.8. The fraction of sp³-hybridized carbons (Fsp3) is 0.273. The van der Waals surface area contributed by atoms with E-state index < -0.39 is 23.9 Å². The van der Waals surface area contributed by atoms with Gasteiger partial charge < -0.3 is 19.5 Å². The van der Waals surface area contributed by atoms with Crippen LogP contribution in [0, 0.1) is 5.82 Å². The zero-order chi connectivity index (χ0) is 21.4. The van der Waals surface area contributed by atoms with Crippen molar-refractivity contribution in [2.45, 2.75) is 32.9 Å². The van der Waals surface area contributed by atoms with Crippen molar-refractivity contribution in [1.82, 2.24) is 5.32 Å². The molecule has 0 aliphatic carbocycles. The first-order chi connectivity index (χ1) is 14.3. The van der Waals surface area contributed by atoms with Gasteiger partial charge >= 0.3 is 12.0 Å². The number of benzene rings is 2. The minimum Gasteiger partial charge on any atom is -0.459 e. The molecule has 8 heteroatoms. The lowest BCUT2D eigenvalue weighted by molar-refractivity contribution is -0.143. The van der Waals surface area contributed by atoms with Crippen molar-refractivity contribution in [3.8, 4) is 11.5 Å². The molecule has 0 fully saturated rings. The maximum absolute atomic E-state index is 13.4. The fourth-order valence-corrected chi connectivity index (χ4v) is 3.53. The number of anilines is 1. The van der Waals surface area contributed by atoms with Crippen molar-refractivity contribution in [2.24, 2.45) is 0 Å². The third-order valence-corrected chi connectivity index (χ3v) is 4.87. The van der Waals surface area contributed by atoms with E-state index in [9.17, 15) is 14.0 Å². The van der Waals surface area contributed by atoms with Crippen molar-refractivity contribution in [3.63, 3.8) is 0 Å². The molecule has 0 radical (unpaired) electrons. The summed E-state index contributed by atoms with van der Waals surface area (Å²) < 4.78 is 29.6. The molecule has 0 saturated heterocycles. The highest BCUT2D eigenvalue weighted by Gasteiger charge is 2.38. The molecule has 156 valence electrons. The number of ether oxygens (including phenoxy) is 3. The first-order valence-electron chi connectivity index (χ1n) is 9.52. The number of amides is 2. The van der Waals surface area contributed by atoms with Crippen LogP contribution in [0.25, 0.3) is 0 Å². The molecule has 2 aromatic carbocycles. The summed E-state index contributed by atoms with van der Waals surface area (Å²) in [6.45, 7) is 5.28. The monoisotopic (exact) mass is 412 g/mol. The topological polar surface area (TPSA) is 77.1 Å². The van der Waals surface area contributed by atoms with Crippen molar-refractivity contribution in [2.75, 3.05) is 11.7 Å². The Bertz CT molecular complexity index is 1030. The van der Waals surface area contributed by atoms with Crippen LogP contribution in [0.4, 0.5) is 14.9 Å². The fourth-order valence-electron chi connectivity index (χ4n) is 3.53. The number of fused-ring (bicyclic) bond motifs is 1. The number of halogens is 1. The number of allylic oxidation sites excluding steroid dienone is 1. The number of carbonyl (C=O) groups excluding carboxylic acids is 2. The van der Waals surface area contributed by atoms with Gasteiger partial charge in [0.1, 0.15) is 5.82 Å². The SMILES string of the molecule is CC1=C(C(=O)OC(C)C)C(c2ccc(F)cc2)NC(=O)N1c1ccc2c(c1)OCO2. The second kappa shape index (κ2) is 7.70. The van der Waals surface area contributed by atoms with E-state index in [1.54, 1.807) is 39.0 Å². The standard InChI is InChI=1S/C22H21FN2O5/c1-12(2)30-21(26)19-13(3)25(16-8-9-17-18(10-16)29-11-28-17)22(27)24-20(19)14-4-6-15(23)7-5-14/h4-10,12,20H,11H2,1-3H3,(H,24,27). The lowest BCUT2D eigenvalue weighted by atomic mass is 9.94. The molecule has 2 aromatic rings. The van der Waals surface area contributed by atoms with Gasteiger partial charge in [-0.3, -0.25) is 4.90 Å². The molecule has 2 amide bonds. The van der Waals surface area contributed by atoms with Crippen LogP contribution in [0.3, 0.4) is 0 Å². The van der Waals surface area contributed by atoms with Gasteiger partial charge in [0.05, 0.1) is 23.4 Å². The number of nitrogens with one attached hydrogen (secondary N) is 1. The van der Waals surface area contributed by atoms with Gasteiger partial charge in [0, 0.05) is 11.8 Å². The van der Waals surface area contributed by atoms with E-state index >= 15 is 0 Å². The van der Waals surface area contributed by atoms with Crippen molar-refractivity contribution in [1.29, 1.82) is 0 Å². The molecule has 0 aromatic heterocycles. The first-order valence-corrected chi connectivity index (χ1v) is 9.52. The summed E-state index contributed by atoms with van der Waals surface area (Å²) in [5.74, 6) is 0.138. The predicted octanol–water partition coefficient (Wildman–Crippen LogP) is 4.05. The summed E-state index contributed by atoms with van der Waals surface area (Å²) in [7, 11) is 0. The third-order valence-electron chi connectivity index (χ3n) is 4.87. The van der Waals surface area contributed by atoms with Crippen LogP contribution < -0.4 is 19.7 Å². The first kappa shape index (κ1) is 19.8. The highest BCUT2D eigenvalue weighted by Crippen LogP contribution is 2.39. The van der Waals surface area contributed by atoms with E-state index in [2.05, 4.69) is 5.32 Å². The minimum absolute atomic E-state index is 0.110. The number of esters is 1. The molecule has 2 aliphatic heterocycles. The molecule has 2 aliphatic rings. The number of nitrogens with zero attached hydrogens (tertiary/aromatic N) is 1. The highest BCUT2D eigenvalue weighted by atomic mass is 19.1. The summed E-state index contributed by atoms with van der Waals surface area (Å²) >= 11 is 0. The van der Waals surface area contributed by atoms with Crippen molar-refractivity contribution in [3.05, 3.63) is 65.1 Å². The molecular formula is C22H21FN2O5. The second-order valence-electron chi connectivity index (χ2n) is 7.26. The van der Waals surface area contributed by atoms with Gasteiger partial charge in [-0.15, -0.1) is 0 Å². The highest BCUT2D eigenvalue weighted by molar-refractivity contribution is 6.03. The zero-order valence-electron chi connectivity index (χ0n) is 16.8. The Morgan fingerprint density at radius 3 is 2.57 bits per heavy atom. The van der Waals surface area contributed by atoms with Gasteiger partial charge in [0.2, 0.25) is 6.79 Å². The number of carbonyl (C=O) groups is 2. The van der Waals surface area contributed by atoms with Crippen LogP contribution in [-0.4, -0.2) is 24.9 Å². The summed E-state index contributed by atoms with van der Waals surface area (Å²) in [6.07, 6.45) is -0.344. The van der Waals surface area contributed by atoms with E-state index in [4.69, 9.17) is 14.2 Å². The number of hydrogen-bond acceptors (Lipinski definition) is 5. The van der Waals surface area contributed by atoms with Crippen LogP contribution in [0.1, 0.15) is 32.4 Å². The molecule has 7 nitrogen and oxygen atoms in total. The number of hydrogen-bond donors (Lipinski definition) is 1. The summed E-state index contributed by atoms with van der Waals surface area (Å²) in [4.78, 5) is 27.4. The second-order valence-corrected chi connectivity index (χ2v) is 7.26. The van der Waals surface area contributed by atoms with Crippen LogP contribution in [0.15, 0.2) is 53.7 Å². The van der Waals surface area contributed by atoms with E-state index in [-0.39, 0.29) is 18.5 Å². The van der Waals surface area contributed by atoms with Gasteiger partial charge in [0.25, 0.3) is 0 Å². The molecule has 30 heavy (non-hydrogen) atoms. The van der Waals surface area contributed by atoms with E-state index in [0.29, 0.717) is 28.4 Å². The Kier molecular flexibility index (Phi) is 5.07. The Labute approximate surface area is 173 Å². The van der Waals surface area contributed by atoms with Crippen LogP contribution in [0.2, 0.25) is 0 Å². The maximum Gasteiger partial charge on any atom is 0.338 e. The molecule has 1 N–H and O–H groups in total. The predicted molar refractivity (Wildman–Crippen MR) is 107 cm³/mol.